The molecule has 5 aromatic rings. The summed E-state index contributed by atoms with van der Waals surface area (Å²) in [4.78, 5) is 32.3. The lowest BCUT2D eigenvalue weighted by Gasteiger charge is -2.25. The summed E-state index contributed by atoms with van der Waals surface area (Å²) >= 11 is 7.88. The van der Waals surface area contributed by atoms with Gasteiger partial charge in [-0.1, -0.05) is 59.3 Å². The number of nitrogens with zero attached hydrogens (tertiary/aromatic N) is 3. The maximum absolute atomic E-state index is 14.1. The van der Waals surface area contributed by atoms with Crippen LogP contribution in [0.4, 0.5) is 4.39 Å². The number of thiazole rings is 1. The van der Waals surface area contributed by atoms with Gasteiger partial charge in [0.25, 0.3) is 5.56 Å². The zero-order chi connectivity index (χ0) is 32.5. The smallest absolute Gasteiger partial charge is 0.338 e. The van der Waals surface area contributed by atoms with Crippen molar-refractivity contribution in [3.05, 3.63) is 149 Å². The molecule has 0 unspecified atom stereocenters. The SMILES string of the molecule is CCOC(=O)C1=C(C)N=c2s/c(=C\c3cc(C)n(-c4ccc(OCc5ccccc5F)cc4)c3C)c(=O)n2[C@@H]1c1ccccc1Cl. The molecule has 1 aliphatic rings. The van der Waals surface area contributed by atoms with Gasteiger partial charge in [0.2, 0.25) is 0 Å². The van der Waals surface area contributed by atoms with Crippen molar-refractivity contribution in [1.82, 2.24) is 9.13 Å². The molecule has 0 amide bonds. The summed E-state index contributed by atoms with van der Waals surface area (Å²) < 4.78 is 29.3. The van der Waals surface area contributed by atoms with E-state index in [0.717, 1.165) is 22.6 Å². The Balaban J connectivity index is 1.36. The van der Waals surface area contributed by atoms with E-state index in [0.29, 0.717) is 36.9 Å². The van der Waals surface area contributed by atoms with Crippen molar-refractivity contribution in [2.75, 3.05) is 6.61 Å². The van der Waals surface area contributed by atoms with E-state index in [1.54, 1.807) is 44.2 Å². The van der Waals surface area contributed by atoms with Gasteiger partial charge >= 0.3 is 5.97 Å². The Labute approximate surface area is 274 Å². The number of carbonyl (C=O) groups is 1. The van der Waals surface area contributed by atoms with Crippen molar-refractivity contribution in [3.8, 4) is 11.4 Å². The number of aryl methyl sites for hydroxylation is 1. The van der Waals surface area contributed by atoms with Crippen LogP contribution in [0.2, 0.25) is 5.02 Å². The summed E-state index contributed by atoms with van der Waals surface area (Å²) in [6.07, 6.45) is 1.86. The largest absolute Gasteiger partial charge is 0.489 e. The van der Waals surface area contributed by atoms with E-state index < -0.39 is 12.0 Å². The van der Waals surface area contributed by atoms with Crippen molar-refractivity contribution in [2.45, 2.75) is 40.3 Å². The average Bonchev–Trinajstić information content (AvgIpc) is 3.49. The van der Waals surface area contributed by atoms with Gasteiger partial charge in [0.1, 0.15) is 24.2 Å². The topological polar surface area (TPSA) is 74.8 Å². The van der Waals surface area contributed by atoms with E-state index in [2.05, 4.69) is 9.56 Å². The van der Waals surface area contributed by atoms with Gasteiger partial charge < -0.3 is 14.0 Å². The molecule has 3 heterocycles. The second kappa shape index (κ2) is 12.9. The van der Waals surface area contributed by atoms with Crippen molar-refractivity contribution < 1.29 is 18.7 Å². The maximum atomic E-state index is 14.1. The van der Waals surface area contributed by atoms with Crippen LogP contribution in [0.5, 0.6) is 5.75 Å². The highest BCUT2D eigenvalue weighted by Gasteiger charge is 2.34. The molecule has 234 valence electrons. The molecule has 0 saturated carbocycles. The van der Waals surface area contributed by atoms with Crippen LogP contribution in [0.1, 0.15) is 48.0 Å². The number of hydrogen-bond donors (Lipinski definition) is 0. The van der Waals surface area contributed by atoms with Crippen molar-refractivity contribution in [1.29, 1.82) is 0 Å². The van der Waals surface area contributed by atoms with Crippen LogP contribution in [-0.2, 0) is 16.1 Å². The molecule has 0 radical (unpaired) electrons. The van der Waals surface area contributed by atoms with E-state index >= 15 is 0 Å². The normalized spacial score (nSPS) is 14.7. The highest BCUT2D eigenvalue weighted by molar-refractivity contribution is 7.07. The lowest BCUT2D eigenvalue weighted by atomic mass is 9.96. The Morgan fingerprint density at radius 1 is 1.04 bits per heavy atom. The monoisotopic (exact) mass is 655 g/mol. The second-order valence-electron chi connectivity index (χ2n) is 10.9. The van der Waals surface area contributed by atoms with Crippen LogP contribution in [0.3, 0.4) is 0 Å². The van der Waals surface area contributed by atoms with Gasteiger partial charge in [0.15, 0.2) is 4.80 Å². The number of ether oxygens (including phenoxy) is 2. The van der Waals surface area contributed by atoms with Crippen molar-refractivity contribution >= 4 is 35.0 Å². The highest BCUT2D eigenvalue weighted by atomic mass is 35.5. The first-order valence-electron chi connectivity index (χ1n) is 14.8. The lowest BCUT2D eigenvalue weighted by Crippen LogP contribution is -2.40. The van der Waals surface area contributed by atoms with Gasteiger partial charge in [-0.15, -0.1) is 0 Å². The van der Waals surface area contributed by atoms with Crippen LogP contribution in [0.15, 0.2) is 99.9 Å². The minimum Gasteiger partial charge on any atom is -0.489 e. The highest BCUT2D eigenvalue weighted by Crippen LogP contribution is 2.34. The van der Waals surface area contributed by atoms with Crippen molar-refractivity contribution in [3.63, 3.8) is 0 Å². The first-order valence-corrected chi connectivity index (χ1v) is 16.0. The average molecular weight is 656 g/mol. The van der Waals surface area contributed by atoms with Gasteiger partial charge in [-0.3, -0.25) is 9.36 Å². The predicted octanol–water partition coefficient (Wildman–Crippen LogP) is 6.58. The Kier molecular flexibility index (Phi) is 8.80. The zero-order valence-electron chi connectivity index (χ0n) is 25.7. The van der Waals surface area contributed by atoms with Crippen LogP contribution in [0, 0.1) is 19.7 Å². The number of hydrogen-bond acceptors (Lipinski definition) is 6. The van der Waals surface area contributed by atoms with Gasteiger partial charge in [0.05, 0.1) is 22.4 Å². The van der Waals surface area contributed by atoms with Crippen LogP contribution < -0.4 is 19.6 Å². The second-order valence-corrected chi connectivity index (χ2v) is 12.3. The van der Waals surface area contributed by atoms with Gasteiger partial charge in [-0.25, -0.2) is 14.2 Å². The first kappa shape index (κ1) is 31.3. The number of carbonyl (C=O) groups excluding carboxylic acids is 1. The molecule has 1 atom stereocenters. The Hall–Kier alpha value is -4.73. The van der Waals surface area contributed by atoms with Crippen LogP contribution >= 0.6 is 22.9 Å². The van der Waals surface area contributed by atoms with E-state index in [1.165, 1.54) is 22.0 Å². The first-order chi connectivity index (χ1) is 22.2. The van der Waals surface area contributed by atoms with Gasteiger partial charge in [-0.2, -0.15) is 0 Å². The summed E-state index contributed by atoms with van der Waals surface area (Å²) in [5, 5.41) is 0.436. The molecule has 46 heavy (non-hydrogen) atoms. The molecular formula is C36H31ClFN3O4S. The fraction of sp³-hybridized carbons (Fsp3) is 0.194. The fourth-order valence-electron chi connectivity index (χ4n) is 5.72. The summed E-state index contributed by atoms with van der Waals surface area (Å²) in [7, 11) is 0. The molecule has 0 fully saturated rings. The zero-order valence-corrected chi connectivity index (χ0v) is 27.3. The van der Waals surface area contributed by atoms with Crippen LogP contribution in [-0.4, -0.2) is 21.7 Å². The molecule has 10 heteroatoms. The molecule has 3 aromatic carbocycles. The quantitative estimate of drug-likeness (QED) is 0.177. The molecule has 2 aromatic heterocycles. The third-order valence-corrected chi connectivity index (χ3v) is 9.25. The molecule has 0 N–H and O–H groups in total. The van der Waals surface area contributed by atoms with E-state index in [4.69, 9.17) is 21.1 Å². The Morgan fingerprint density at radius 3 is 2.48 bits per heavy atom. The molecule has 0 aliphatic carbocycles. The van der Waals surface area contributed by atoms with Crippen molar-refractivity contribution in [2.24, 2.45) is 4.99 Å². The summed E-state index contributed by atoms with van der Waals surface area (Å²) in [6.45, 7) is 7.80. The third-order valence-electron chi connectivity index (χ3n) is 7.92. The van der Waals surface area contributed by atoms with E-state index in [-0.39, 0.29) is 30.2 Å². The number of rotatable bonds is 8. The number of aromatic nitrogens is 2. The predicted molar refractivity (Wildman–Crippen MR) is 178 cm³/mol. The number of esters is 1. The van der Waals surface area contributed by atoms with E-state index in [1.807, 2.05) is 62.4 Å². The molecule has 1 aliphatic heterocycles. The fourth-order valence-corrected chi connectivity index (χ4v) is 7.00. The number of allylic oxidation sites excluding steroid dienone is 1. The number of fused-ring (bicyclic) bond motifs is 1. The summed E-state index contributed by atoms with van der Waals surface area (Å²) in [5.41, 5.74) is 5.31. The van der Waals surface area contributed by atoms with Gasteiger partial charge in [0, 0.05) is 27.7 Å². The summed E-state index contributed by atoms with van der Waals surface area (Å²) in [6, 6.07) is 22.6. The van der Waals surface area contributed by atoms with E-state index in [9.17, 15) is 14.0 Å². The number of benzene rings is 3. The summed E-state index contributed by atoms with van der Waals surface area (Å²) in [5.74, 6) is -0.205. The molecule has 0 bridgehead atoms. The number of halogens is 2. The Bertz CT molecular complexity index is 2180. The molecular weight excluding hydrogens is 625 g/mol. The molecule has 0 saturated heterocycles. The molecule has 6 rings (SSSR count). The molecule has 0 spiro atoms. The lowest BCUT2D eigenvalue weighted by molar-refractivity contribution is -0.139. The van der Waals surface area contributed by atoms with Crippen LogP contribution in [0.25, 0.3) is 11.8 Å². The minimum absolute atomic E-state index is 0.132. The maximum Gasteiger partial charge on any atom is 0.338 e. The Morgan fingerprint density at radius 2 is 1.76 bits per heavy atom. The molecule has 7 nitrogen and oxygen atoms in total. The standard InChI is InChI=1S/C36H31ClFN3O4S/c1-5-44-35(43)32-22(3)39-36-41(33(32)28-11-7-8-12-29(28)37)34(42)31(46-36)19-25-18-21(2)40(23(25)4)26-14-16-27(17-15-26)45-20-24-10-6-9-13-30(24)38/h6-19,33H,5,20H2,1-4H3/b31-19-/t33-/m1/s1. The third kappa shape index (κ3) is 5.84. The van der Waals surface area contributed by atoms with Gasteiger partial charge in [-0.05, 0) is 87.4 Å². The minimum atomic E-state index is -0.780.